The molecule has 3 aliphatic heterocycles. The molecule has 1 aliphatic carbocycles. The predicted octanol–water partition coefficient (Wildman–Crippen LogP) is 8.76. The van der Waals surface area contributed by atoms with Gasteiger partial charge in [0.05, 0.1) is 19.2 Å². The minimum absolute atomic E-state index is 0.0210. The number of aryl methyl sites for hydroxylation is 1. The Kier molecular flexibility index (Phi) is 17.9. The summed E-state index contributed by atoms with van der Waals surface area (Å²) in [6, 6.07) is 25.6. The van der Waals surface area contributed by atoms with E-state index in [9.17, 15) is 24.6 Å². The average Bonchev–Trinajstić information content (AvgIpc) is 3.25. The largest absolute Gasteiger partial charge is 0.524 e. The van der Waals surface area contributed by atoms with Crippen LogP contribution in [0.1, 0.15) is 125 Å². The number of aliphatic hydroxyl groups is 2. The van der Waals surface area contributed by atoms with Crippen LogP contribution in [0.15, 0.2) is 78.9 Å². The molecule has 4 aliphatic rings. The van der Waals surface area contributed by atoms with Crippen LogP contribution in [0, 0.1) is 23.7 Å². The lowest BCUT2D eigenvalue weighted by Crippen LogP contribution is -2.68. The number of methoxy groups -OCH3 is 1. The number of rotatable bonds is 22. The molecule has 3 saturated heterocycles. The number of hydrogen-bond acceptors (Lipinski definition) is 7. The first-order chi connectivity index (χ1) is 29.5. The van der Waals surface area contributed by atoms with Crippen LogP contribution in [0.3, 0.4) is 0 Å². The third kappa shape index (κ3) is 13.7. The van der Waals surface area contributed by atoms with Gasteiger partial charge < -0.3 is 34.0 Å². The van der Waals surface area contributed by atoms with Crippen LogP contribution in [0.4, 0.5) is 0 Å². The van der Waals surface area contributed by atoms with Gasteiger partial charge in [-0.15, -0.1) is 0 Å². The van der Waals surface area contributed by atoms with Crippen LogP contribution in [-0.2, 0) is 32.6 Å². The Labute approximate surface area is 365 Å². The summed E-state index contributed by atoms with van der Waals surface area (Å²) < 4.78 is 30.3. The summed E-state index contributed by atoms with van der Waals surface area (Å²) in [6.07, 6.45) is 16.1. The zero-order valence-electron chi connectivity index (χ0n) is 36.5. The van der Waals surface area contributed by atoms with Gasteiger partial charge in [0.2, 0.25) is 0 Å². The summed E-state index contributed by atoms with van der Waals surface area (Å²) in [4.78, 5) is 19.8. The van der Waals surface area contributed by atoms with Crippen molar-refractivity contribution in [2.45, 2.75) is 127 Å². The predicted molar refractivity (Wildman–Crippen MR) is 241 cm³/mol. The smallest absolute Gasteiger partial charge is 0.404 e. The molecule has 0 radical (unpaired) electrons. The van der Waals surface area contributed by atoms with E-state index in [2.05, 4.69) is 47.5 Å². The molecule has 11 heteroatoms. The molecule has 3 aromatic carbocycles. The Morgan fingerprint density at radius 1 is 0.852 bits per heavy atom. The molecular formula is C50H72N2O8P+. The molecule has 334 valence electrons. The van der Waals surface area contributed by atoms with E-state index in [4.69, 9.17) is 14.0 Å². The maximum absolute atomic E-state index is 12.6. The standard InChI is InChI=1S/C50H71N2O8P/c1-58-49(30-31-50(54,46-24-13-8-14-25-46)45-22-11-3-2-4-12-23-45)40-52(33-28-44(49)29-34-52)39-43-37-42(26-27-48(43)60-61(55,56)57)47(53)38-51-32-16-5-6-17-35-59-36-18-15-21-41-19-9-7-10-20-41/h7-10,13-14,19-20,24-27,37,44-45,47,51,53-54H,2-6,11-12,15-18,21-23,28-29,32-36,38-40H2,1H3,(H-,55,56,57)/p+1/t44?,47?,49-,50?,52?/m1/s1. The maximum atomic E-state index is 12.6. The fourth-order valence-electron chi connectivity index (χ4n) is 10.1. The second-order valence-electron chi connectivity index (χ2n) is 18.0. The first kappa shape index (κ1) is 47.4. The van der Waals surface area contributed by atoms with Crippen LogP contribution in [-0.4, -0.2) is 83.1 Å². The zero-order chi connectivity index (χ0) is 43.0. The fraction of sp³-hybridized carbons (Fsp3) is 0.600. The van der Waals surface area contributed by atoms with Gasteiger partial charge in [-0.25, -0.2) is 4.57 Å². The summed E-state index contributed by atoms with van der Waals surface area (Å²) in [5, 5.41) is 27.3. The third-order valence-electron chi connectivity index (χ3n) is 13.6. The molecule has 4 fully saturated rings. The van der Waals surface area contributed by atoms with E-state index in [-0.39, 0.29) is 17.6 Å². The van der Waals surface area contributed by atoms with E-state index in [1.54, 1.807) is 19.2 Å². The van der Waals surface area contributed by atoms with Crippen molar-refractivity contribution in [2.75, 3.05) is 53.0 Å². The molecule has 7 rings (SSSR count). The van der Waals surface area contributed by atoms with E-state index in [0.717, 1.165) is 122 Å². The maximum Gasteiger partial charge on any atom is 0.524 e. The van der Waals surface area contributed by atoms with Gasteiger partial charge in [0.15, 0.2) is 11.2 Å². The summed E-state index contributed by atoms with van der Waals surface area (Å²) in [6.45, 7) is 5.46. The molecule has 3 heterocycles. The lowest BCUT2D eigenvalue weighted by Gasteiger charge is -2.56. The van der Waals surface area contributed by atoms with Crippen molar-refractivity contribution in [3.63, 3.8) is 0 Å². The highest BCUT2D eigenvalue weighted by molar-refractivity contribution is 7.46. The Bertz CT molecular complexity index is 1870. The number of nitrogens with zero attached hydrogens (tertiary/aromatic N) is 1. The van der Waals surface area contributed by atoms with E-state index < -0.39 is 25.1 Å². The van der Waals surface area contributed by atoms with Crippen LogP contribution in [0.2, 0.25) is 0 Å². The van der Waals surface area contributed by atoms with Crippen molar-refractivity contribution in [3.05, 3.63) is 101 Å². The number of phosphoric acid groups is 1. The van der Waals surface area contributed by atoms with Gasteiger partial charge in [-0.05, 0) is 80.3 Å². The molecule has 61 heavy (non-hydrogen) atoms. The number of hydrogen-bond donors (Lipinski definition) is 5. The SMILES string of the molecule is CO[C@]1(C#CC(O)(c2ccccc2)C2CCCCCCC2)C[N+]2(Cc3cc(C(O)CNCCCCCCOCCCCc4ccccc4)ccc3OP(=O)(O)O)CCC1CC2. The van der Waals surface area contributed by atoms with Gasteiger partial charge in [-0.3, -0.25) is 9.79 Å². The summed E-state index contributed by atoms with van der Waals surface area (Å²) in [5.41, 5.74) is 1.40. The lowest BCUT2D eigenvalue weighted by atomic mass is 9.71. The van der Waals surface area contributed by atoms with Crippen molar-refractivity contribution in [2.24, 2.45) is 11.8 Å². The Balaban J connectivity index is 1.05. The number of aliphatic hydroxyl groups excluding tert-OH is 1. The number of quaternary nitrogens is 1. The van der Waals surface area contributed by atoms with Crippen molar-refractivity contribution in [1.82, 2.24) is 5.32 Å². The summed E-state index contributed by atoms with van der Waals surface area (Å²) in [5.74, 6) is 7.40. The van der Waals surface area contributed by atoms with Crippen LogP contribution < -0.4 is 9.84 Å². The molecule has 0 aromatic heterocycles. The van der Waals surface area contributed by atoms with E-state index in [0.29, 0.717) is 35.2 Å². The zero-order valence-corrected chi connectivity index (χ0v) is 37.4. The molecule has 5 N–H and O–H groups in total. The number of unbranched alkanes of at least 4 members (excludes halogenated alkanes) is 4. The van der Waals surface area contributed by atoms with Crippen LogP contribution >= 0.6 is 7.82 Å². The highest BCUT2D eigenvalue weighted by Crippen LogP contribution is 2.47. The van der Waals surface area contributed by atoms with E-state index in [1.165, 1.54) is 24.8 Å². The normalized spacial score (nSPS) is 23.6. The third-order valence-corrected chi connectivity index (χ3v) is 14.1. The topological polar surface area (TPSA) is 138 Å². The van der Waals surface area contributed by atoms with Crippen molar-refractivity contribution >= 4 is 7.82 Å². The molecule has 0 amide bonds. The minimum Gasteiger partial charge on any atom is -0.404 e. The van der Waals surface area contributed by atoms with Crippen LogP contribution in [0.5, 0.6) is 5.75 Å². The summed E-state index contributed by atoms with van der Waals surface area (Å²) in [7, 11) is -3.13. The van der Waals surface area contributed by atoms with Gasteiger partial charge in [0.25, 0.3) is 0 Å². The van der Waals surface area contributed by atoms with Gasteiger partial charge in [0, 0.05) is 57.1 Å². The average molecular weight is 860 g/mol. The number of piperidine rings is 3. The quantitative estimate of drug-likeness (QED) is 0.0291. The molecule has 2 unspecified atom stereocenters. The number of ether oxygens (including phenoxy) is 2. The number of benzene rings is 3. The second kappa shape index (κ2) is 23.0. The number of phosphoric ester groups is 1. The van der Waals surface area contributed by atoms with Gasteiger partial charge in [-0.1, -0.05) is 124 Å². The summed E-state index contributed by atoms with van der Waals surface area (Å²) >= 11 is 0. The molecule has 10 nitrogen and oxygen atoms in total. The molecular weight excluding hydrogens is 788 g/mol. The van der Waals surface area contributed by atoms with E-state index in [1.807, 2.05) is 36.4 Å². The first-order valence-corrected chi connectivity index (χ1v) is 24.7. The van der Waals surface area contributed by atoms with Gasteiger partial charge in [0.1, 0.15) is 18.8 Å². The van der Waals surface area contributed by atoms with Gasteiger partial charge >= 0.3 is 7.82 Å². The van der Waals surface area contributed by atoms with Crippen LogP contribution in [0.25, 0.3) is 0 Å². The monoisotopic (exact) mass is 860 g/mol. The molecule has 2 bridgehead atoms. The first-order valence-electron chi connectivity index (χ1n) is 23.1. The molecule has 3 atom stereocenters. The lowest BCUT2D eigenvalue weighted by molar-refractivity contribution is -0.961. The van der Waals surface area contributed by atoms with Crippen molar-refractivity contribution in [1.29, 1.82) is 0 Å². The highest BCUT2D eigenvalue weighted by atomic mass is 31.2. The van der Waals surface area contributed by atoms with Gasteiger partial charge in [-0.2, -0.15) is 0 Å². The Morgan fingerprint density at radius 2 is 1.51 bits per heavy atom. The van der Waals surface area contributed by atoms with E-state index >= 15 is 0 Å². The van der Waals surface area contributed by atoms with Crippen molar-refractivity contribution in [3.8, 4) is 17.6 Å². The second-order valence-corrected chi connectivity index (χ2v) is 19.2. The Hall–Kier alpha value is -3.07. The fourth-order valence-corrected chi connectivity index (χ4v) is 10.6. The molecule has 1 saturated carbocycles. The van der Waals surface area contributed by atoms with Crippen molar-refractivity contribution < 1.29 is 43.0 Å². The molecule has 3 aromatic rings. The Morgan fingerprint density at radius 3 is 2.20 bits per heavy atom. The number of fused-ring (bicyclic) bond motifs is 3. The minimum atomic E-state index is -4.85. The molecule has 0 spiro atoms. The highest BCUT2D eigenvalue weighted by Gasteiger charge is 2.56. The number of nitrogens with one attached hydrogen (secondary N) is 1.